The number of nitrogens with one attached hydrogen (secondary N) is 1. The number of hydrogen-bond donors (Lipinski definition) is 1. The molecule has 1 N–H and O–H groups in total. The number of aryl methyl sites for hydroxylation is 1. The van der Waals surface area contributed by atoms with Gasteiger partial charge in [-0.1, -0.05) is 49.2 Å². The Bertz CT molecular complexity index is 1310. The molecule has 0 saturated heterocycles. The second kappa shape index (κ2) is 10.3. The van der Waals surface area contributed by atoms with E-state index in [1.807, 2.05) is 37.3 Å². The summed E-state index contributed by atoms with van der Waals surface area (Å²) in [5, 5.41) is 8.28. The molecular formula is C25H24Cl2N4O3. The number of aromatic nitrogens is 3. The van der Waals surface area contributed by atoms with Gasteiger partial charge in [-0.25, -0.2) is 9.67 Å². The van der Waals surface area contributed by atoms with Gasteiger partial charge in [0.1, 0.15) is 24.4 Å². The standard InChI is InChI=1S/C25H24Cl2N4O3/c1-15(2)20-11-21(27)16(3)9-23(20)33-13-19-7-8-22(34-19)24(32)29-25-28-14-31(30-25)12-17-5-4-6-18(26)10-17/h4-11,14-15H,12-13H2,1-3H3,(H,29,30,32). The molecule has 0 unspecified atom stereocenters. The maximum atomic E-state index is 12.6. The van der Waals surface area contributed by atoms with Crippen molar-refractivity contribution in [3.63, 3.8) is 0 Å². The zero-order valence-electron chi connectivity index (χ0n) is 19.0. The van der Waals surface area contributed by atoms with Gasteiger partial charge in [-0.15, -0.1) is 5.10 Å². The number of rotatable bonds is 8. The number of amides is 1. The lowest BCUT2D eigenvalue weighted by atomic mass is 10.0. The highest BCUT2D eigenvalue weighted by molar-refractivity contribution is 6.31. The fourth-order valence-electron chi connectivity index (χ4n) is 3.39. The van der Waals surface area contributed by atoms with Crippen LogP contribution in [0.1, 0.15) is 52.8 Å². The van der Waals surface area contributed by atoms with Crippen molar-refractivity contribution in [2.45, 2.75) is 39.8 Å². The van der Waals surface area contributed by atoms with Crippen LogP contribution in [0.2, 0.25) is 10.0 Å². The number of hydrogen-bond acceptors (Lipinski definition) is 5. The number of ether oxygens (including phenoxy) is 1. The SMILES string of the molecule is Cc1cc(OCc2ccc(C(=O)Nc3ncn(Cc4cccc(Cl)c4)n3)o2)c(C(C)C)cc1Cl. The van der Waals surface area contributed by atoms with Crippen molar-refractivity contribution in [1.82, 2.24) is 14.8 Å². The normalized spacial score (nSPS) is 11.1. The molecule has 0 aliphatic heterocycles. The largest absolute Gasteiger partial charge is 0.485 e. The average molecular weight is 499 g/mol. The lowest BCUT2D eigenvalue weighted by Crippen LogP contribution is -2.12. The highest BCUT2D eigenvalue weighted by atomic mass is 35.5. The maximum Gasteiger partial charge on any atom is 0.293 e. The van der Waals surface area contributed by atoms with E-state index in [9.17, 15) is 4.79 Å². The zero-order chi connectivity index (χ0) is 24.2. The van der Waals surface area contributed by atoms with Crippen molar-refractivity contribution in [1.29, 1.82) is 0 Å². The van der Waals surface area contributed by atoms with Gasteiger partial charge in [-0.2, -0.15) is 0 Å². The summed E-state index contributed by atoms with van der Waals surface area (Å²) >= 11 is 12.3. The molecule has 2 heterocycles. The number of benzene rings is 2. The highest BCUT2D eigenvalue weighted by Gasteiger charge is 2.16. The number of carbonyl (C=O) groups excluding carboxylic acids is 1. The molecule has 0 aliphatic rings. The molecule has 0 atom stereocenters. The molecule has 0 bridgehead atoms. The van der Waals surface area contributed by atoms with Crippen LogP contribution in [-0.2, 0) is 13.2 Å². The van der Waals surface area contributed by atoms with E-state index in [1.165, 1.54) is 0 Å². The molecule has 0 fully saturated rings. The van der Waals surface area contributed by atoms with Crippen molar-refractivity contribution in [2.24, 2.45) is 0 Å². The van der Waals surface area contributed by atoms with Crippen LogP contribution in [0.5, 0.6) is 5.75 Å². The van der Waals surface area contributed by atoms with Gasteiger partial charge in [-0.3, -0.25) is 10.1 Å². The Morgan fingerprint density at radius 2 is 2.00 bits per heavy atom. The number of furan rings is 1. The van der Waals surface area contributed by atoms with E-state index in [1.54, 1.807) is 29.2 Å². The molecule has 1 amide bonds. The summed E-state index contributed by atoms with van der Waals surface area (Å²) in [6.45, 7) is 6.74. The first-order chi connectivity index (χ1) is 16.3. The Morgan fingerprint density at radius 1 is 1.18 bits per heavy atom. The van der Waals surface area contributed by atoms with E-state index in [0.29, 0.717) is 22.4 Å². The summed E-state index contributed by atoms with van der Waals surface area (Å²) in [5.74, 6) is 1.38. The van der Waals surface area contributed by atoms with E-state index in [2.05, 4.69) is 29.2 Å². The van der Waals surface area contributed by atoms with Crippen molar-refractivity contribution in [3.8, 4) is 5.75 Å². The third-order valence-electron chi connectivity index (χ3n) is 5.16. The van der Waals surface area contributed by atoms with Crippen LogP contribution in [0.15, 0.2) is 59.3 Å². The van der Waals surface area contributed by atoms with E-state index in [-0.39, 0.29) is 24.2 Å². The van der Waals surface area contributed by atoms with Crippen LogP contribution in [0.3, 0.4) is 0 Å². The second-order valence-electron chi connectivity index (χ2n) is 8.20. The van der Waals surface area contributed by atoms with Gasteiger partial charge in [0.25, 0.3) is 5.91 Å². The van der Waals surface area contributed by atoms with Gasteiger partial charge in [0, 0.05) is 10.0 Å². The summed E-state index contributed by atoms with van der Waals surface area (Å²) in [6.07, 6.45) is 1.54. The van der Waals surface area contributed by atoms with Gasteiger partial charge in [0.05, 0.1) is 6.54 Å². The van der Waals surface area contributed by atoms with Crippen molar-refractivity contribution in [2.75, 3.05) is 5.32 Å². The molecule has 2 aromatic heterocycles. The number of nitrogens with zero attached hydrogens (tertiary/aromatic N) is 3. The van der Waals surface area contributed by atoms with Crippen LogP contribution in [0, 0.1) is 6.92 Å². The highest BCUT2D eigenvalue weighted by Crippen LogP contribution is 2.32. The Hall–Kier alpha value is -3.29. The molecule has 7 nitrogen and oxygen atoms in total. The lowest BCUT2D eigenvalue weighted by Gasteiger charge is -2.15. The molecule has 9 heteroatoms. The van der Waals surface area contributed by atoms with Crippen molar-refractivity contribution >= 4 is 35.1 Å². The number of halogens is 2. The molecular weight excluding hydrogens is 475 g/mol. The number of anilines is 1. The topological polar surface area (TPSA) is 82.2 Å². The maximum absolute atomic E-state index is 12.6. The third kappa shape index (κ3) is 5.79. The second-order valence-corrected chi connectivity index (χ2v) is 9.04. The minimum Gasteiger partial charge on any atom is -0.485 e. The molecule has 34 heavy (non-hydrogen) atoms. The van der Waals surface area contributed by atoms with E-state index >= 15 is 0 Å². The molecule has 0 saturated carbocycles. The molecule has 176 valence electrons. The Balaban J connectivity index is 1.37. The van der Waals surface area contributed by atoms with Gasteiger partial charge < -0.3 is 9.15 Å². The molecule has 4 rings (SSSR count). The first-order valence-electron chi connectivity index (χ1n) is 10.8. The van der Waals surface area contributed by atoms with Gasteiger partial charge in [0.15, 0.2) is 5.76 Å². The van der Waals surface area contributed by atoms with Gasteiger partial charge in [0.2, 0.25) is 5.95 Å². The quantitative estimate of drug-likeness (QED) is 0.300. The van der Waals surface area contributed by atoms with Crippen LogP contribution in [0.25, 0.3) is 0 Å². The molecule has 4 aromatic rings. The minimum atomic E-state index is -0.447. The van der Waals surface area contributed by atoms with E-state index < -0.39 is 5.91 Å². The van der Waals surface area contributed by atoms with Crippen LogP contribution in [-0.4, -0.2) is 20.7 Å². The molecule has 2 aromatic carbocycles. The average Bonchev–Trinajstić information content (AvgIpc) is 3.44. The van der Waals surface area contributed by atoms with E-state index in [0.717, 1.165) is 22.4 Å². The predicted octanol–water partition coefficient (Wildman–Crippen LogP) is 6.49. The summed E-state index contributed by atoms with van der Waals surface area (Å²) in [5.41, 5.74) is 2.92. The Morgan fingerprint density at radius 3 is 2.76 bits per heavy atom. The zero-order valence-corrected chi connectivity index (χ0v) is 20.5. The summed E-state index contributed by atoms with van der Waals surface area (Å²) in [6, 6.07) is 14.6. The fraction of sp³-hybridized carbons (Fsp3) is 0.240. The first kappa shape index (κ1) is 23.9. The van der Waals surface area contributed by atoms with Crippen LogP contribution >= 0.6 is 23.2 Å². The van der Waals surface area contributed by atoms with Gasteiger partial charge >= 0.3 is 0 Å². The van der Waals surface area contributed by atoms with Gasteiger partial charge in [-0.05, 0) is 65.9 Å². The fourth-order valence-corrected chi connectivity index (χ4v) is 3.77. The van der Waals surface area contributed by atoms with Crippen molar-refractivity contribution in [3.05, 3.63) is 93.1 Å². The summed E-state index contributed by atoms with van der Waals surface area (Å²) in [4.78, 5) is 16.7. The lowest BCUT2D eigenvalue weighted by molar-refractivity contribution is 0.0991. The number of carbonyl (C=O) groups is 1. The third-order valence-corrected chi connectivity index (χ3v) is 5.81. The first-order valence-corrected chi connectivity index (χ1v) is 11.5. The Kier molecular flexibility index (Phi) is 7.24. The monoisotopic (exact) mass is 498 g/mol. The minimum absolute atomic E-state index is 0.140. The van der Waals surface area contributed by atoms with Crippen LogP contribution in [0.4, 0.5) is 5.95 Å². The molecule has 0 spiro atoms. The smallest absolute Gasteiger partial charge is 0.293 e. The summed E-state index contributed by atoms with van der Waals surface area (Å²) < 4.78 is 13.3. The van der Waals surface area contributed by atoms with Crippen LogP contribution < -0.4 is 10.1 Å². The van der Waals surface area contributed by atoms with Crippen molar-refractivity contribution < 1.29 is 13.9 Å². The molecule has 0 aliphatic carbocycles. The predicted molar refractivity (Wildman–Crippen MR) is 132 cm³/mol. The summed E-state index contributed by atoms with van der Waals surface area (Å²) in [7, 11) is 0. The molecule has 0 radical (unpaired) electrons. The van der Waals surface area contributed by atoms with E-state index in [4.69, 9.17) is 32.4 Å². The Labute approximate surface area is 207 Å².